The number of amides is 2. The van der Waals surface area contributed by atoms with Crippen molar-refractivity contribution in [3.8, 4) is 11.8 Å². The summed E-state index contributed by atoms with van der Waals surface area (Å²) >= 11 is 0. The lowest BCUT2D eigenvalue weighted by Gasteiger charge is -2.38. The minimum absolute atomic E-state index is 0.0424. The van der Waals surface area contributed by atoms with Crippen LogP contribution in [0.15, 0.2) is 15.8 Å². The Kier molecular flexibility index (Phi) is 14.0. The number of fused-ring (bicyclic) bond motifs is 2. The zero-order chi connectivity index (χ0) is 36.7. The van der Waals surface area contributed by atoms with Crippen LogP contribution in [-0.4, -0.2) is 94.4 Å². The Balaban J connectivity index is 1.83. The maximum absolute atomic E-state index is 13.0. The van der Waals surface area contributed by atoms with Gasteiger partial charge in [0.1, 0.15) is 36.0 Å². The van der Waals surface area contributed by atoms with Gasteiger partial charge in [-0.2, -0.15) is 13.2 Å². The highest BCUT2D eigenvalue weighted by molar-refractivity contribution is 7.44. The number of ether oxygens (including phenoxy) is 2. The SMILES string of the molecule is [C-]#[N+]CCOP(O[C@@H]1C2OC[C@]1(CC)O[C@H]2n1cc(C#CCNC(=O)[C@H](CC(C)C)NC(=O)C(F)(F)F)c(=O)[nH]c1=O)N(C(C)C)C(C)C. The van der Waals surface area contributed by atoms with E-state index in [1.54, 1.807) is 19.2 Å². The van der Waals surface area contributed by atoms with Crippen molar-refractivity contribution in [1.29, 1.82) is 0 Å². The maximum Gasteiger partial charge on any atom is 0.471 e. The molecule has 0 radical (unpaired) electrons. The standard InChI is InChI=1S/C31H44F3N6O8P/c1-9-30-17-45-23(24(30)48-49(46-14-13-35-8)40(19(4)5)20(6)7)27(47-30)39-16-21(25(41)38-29(39)44)11-10-12-36-26(42)22(15-18(2)3)37-28(43)31(32,33)34/h16,18-20,22-24,27H,9,12-15,17H2,1-7H3,(H,36,42)(H,37,43)(H,38,41,44)/t22-,23?,24+,27+,30-,49?/m0/s1. The first-order valence-electron chi connectivity index (χ1n) is 16.0. The lowest BCUT2D eigenvalue weighted by molar-refractivity contribution is -0.175. The number of aromatic amines is 1. The van der Waals surface area contributed by atoms with Crippen molar-refractivity contribution < 1.29 is 41.3 Å². The molecule has 14 nitrogen and oxygen atoms in total. The smallest absolute Gasteiger partial charge is 0.368 e. The average molecular weight is 717 g/mol. The van der Waals surface area contributed by atoms with E-state index < -0.39 is 67.8 Å². The van der Waals surface area contributed by atoms with Gasteiger partial charge in [-0.25, -0.2) is 16.0 Å². The number of rotatable bonds is 15. The highest BCUT2D eigenvalue weighted by atomic mass is 31.2. The van der Waals surface area contributed by atoms with Crippen LogP contribution in [-0.2, 0) is 28.1 Å². The summed E-state index contributed by atoms with van der Waals surface area (Å²) in [6, 6.07) is -1.37. The highest BCUT2D eigenvalue weighted by Gasteiger charge is 2.63. The van der Waals surface area contributed by atoms with Crippen LogP contribution < -0.4 is 21.9 Å². The van der Waals surface area contributed by atoms with E-state index in [0.717, 1.165) is 4.57 Å². The first kappa shape index (κ1) is 40.1. The number of halogens is 3. The third-order valence-corrected chi connectivity index (χ3v) is 9.94. The second kappa shape index (κ2) is 17.1. The van der Waals surface area contributed by atoms with Gasteiger partial charge >= 0.3 is 17.8 Å². The van der Waals surface area contributed by atoms with Gasteiger partial charge in [-0.3, -0.25) is 23.9 Å². The van der Waals surface area contributed by atoms with E-state index in [9.17, 15) is 32.3 Å². The predicted molar refractivity (Wildman–Crippen MR) is 173 cm³/mol. The Bertz CT molecular complexity index is 1540. The molecule has 3 heterocycles. The van der Waals surface area contributed by atoms with E-state index >= 15 is 0 Å². The van der Waals surface area contributed by atoms with Crippen molar-refractivity contribution in [2.75, 3.05) is 26.3 Å². The highest BCUT2D eigenvalue weighted by Crippen LogP contribution is 2.55. The molecule has 0 spiro atoms. The second-order valence-electron chi connectivity index (χ2n) is 12.6. The topological polar surface area (TPSA) is 158 Å². The summed E-state index contributed by atoms with van der Waals surface area (Å²) in [6.45, 7) is 20.6. The molecule has 272 valence electrons. The van der Waals surface area contributed by atoms with Crippen LogP contribution in [0.1, 0.15) is 73.1 Å². The zero-order valence-corrected chi connectivity index (χ0v) is 29.4. The molecule has 2 saturated heterocycles. The zero-order valence-electron chi connectivity index (χ0n) is 28.6. The number of nitrogens with zero attached hydrogens (tertiary/aromatic N) is 3. The molecule has 2 fully saturated rings. The Hall–Kier alpha value is -3.31. The van der Waals surface area contributed by atoms with Gasteiger partial charge in [-0.05, 0) is 46.5 Å². The Morgan fingerprint density at radius 3 is 2.49 bits per heavy atom. The van der Waals surface area contributed by atoms with Crippen molar-refractivity contribution in [2.24, 2.45) is 5.92 Å². The van der Waals surface area contributed by atoms with E-state index in [-0.39, 0.29) is 56.3 Å². The number of hydrogen-bond donors (Lipinski definition) is 3. The van der Waals surface area contributed by atoms with Crippen molar-refractivity contribution in [3.05, 3.63) is 44.0 Å². The average Bonchev–Trinajstić information content (AvgIpc) is 3.50. The molecule has 2 bridgehead atoms. The summed E-state index contributed by atoms with van der Waals surface area (Å²) in [5.74, 6) is 1.80. The molecule has 0 aliphatic carbocycles. The van der Waals surface area contributed by atoms with E-state index in [4.69, 9.17) is 25.1 Å². The molecular weight excluding hydrogens is 672 g/mol. The van der Waals surface area contributed by atoms with Gasteiger partial charge in [-0.15, -0.1) is 0 Å². The van der Waals surface area contributed by atoms with Crippen LogP contribution in [0.25, 0.3) is 4.85 Å². The lowest BCUT2D eigenvalue weighted by Crippen LogP contribution is -2.51. The summed E-state index contributed by atoms with van der Waals surface area (Å²) in [4.78, 5) is 55.3. The fourth-order valence-electron chi connectivity index (χ4n) is 5.59. The van der Waals surface area contributed by atoms with Crippen LogP contribution in [0.2, 0.25) is 0 Å². The van der Waals surface area contributed by atoms with E-state index in [1.807, 2.05) is 34.6 Å². The molecule has 1 aromatic heterocycles. The first-order chi connectivity index (χ1) is 22.9. The molecule has 2 aliphatic heterocycles. The summed E-state index contributed by atoms with van der Waals surface area (Å²) < 4.78 is 66.8. The van der Waals surface area contributed by atoms with Crippen LogP contribution >= 0.6 is 8.53 Å². The maximum atomic E-state index is 13.0. The molecule has 2 aliphatic rings. The molecule has 2 unspecified atom stereocenters. The number of carbonyl (C=O) groups is 2. The van der Waals surface area contributed by atoms with Gasteiger partial charge in [0.2, 0.25) is 12.5 Å². The molecular formula is C31H44F3N6O8P. The molecule has 18 heteroatoms. The van der Waals surface area contributed by atoms with Crippen molar-refractivity contribution in [3.63, 3.8) is 0 Å². The Labute approximate surface area is 284 Å². The van der Waals surface area contributed by atoms with Gasteiger partial charge in [-0.1, -0.05) is 32.6 Å². The number of alkyl halides is 3. The fourth-order valence-corrected chi connectivity index (χ4v) is 7.39. The summed E-state index contributed by atoms with van der Waals surface area (Å²) in [5.41, 5.74) is -2.69. The summed E-state index contributed by atoms with van der Waals surface area (Å²) in [6.07, 6.45) is -5.99. The number of hydrogen-bond acceptors (Lipinski definition) is 9. The normalized spacial score (nSPS) is 23.0. The molecule has 2 amide bonds. The molecule has 3 rings (SSSR count). The Morgan fingerprint density at radius 2 is 1.92 bits per heavy atom. The molecule has 0 saturated carbocycles. The Morgan fingerprint density at radius 1 is 1.24 bits per heavy atom. The summed E-state index contributed by atoms with van der Waals surface area (Å²) in [5, 5.41) is 4.04. The number of nitrogens with one attached hydrogen (secondary N) is 3. The predicted octanol–water partition coefficient (Wildman–Crippen LogP) is 2.84. The van der Waals surface area contributed by atoms with Crippen LogP contribution in [0, 0.1) is 24.3 Å². The van der Waals surface area contributed by atoms with Gasteiger partial charge < -0.3 is 34.0 Å². The lowest BCUT2D eigenvalue weighted by atomic mass is 9.96. The van der Waals surface area contributed by atoms with E-state index in [0.29, 0.717) is 6.42 Å². The van der Waals surface area contributed by atoms with Crippen molar-refractivity contribution in [2.45, 2.75) is 110 Å². The number of H-pyrrole nitrogens is 1. The third-order valence-electron chi connectivity index (χ3n) is 7.83. The molecule has 1 aromatic rings. The molecule has 0 aromatic carbocycles. The fraction of sp³-hybridized carbons (Fsp3) is 0.710. The van der Waals surface area contributed by atoms with Crippen LogP contribution in [0.3, 0.4) is 0 Å². The molecule has 3 N–H and O–H groups in total. The minimum Gasteiger partial charge on any atom is -0.368 e. The summed E-state index contributed by atoms with van der Waals surface area (Å²) in [7, 11) is -1.67. The van der Waals surface area contributed by atoms with Crippen molar-refractivity contribution in [1.82, 2.24) is 24.9 Å². The monoisotopic (exact) mass is 716 g/mol. The van der Waals surface area contributed by atoms with Gasteiger partial charge in [0.25, 0.3) is 14.1 Å². The quantitative estimate of drug-likeness (QED) is 0.108. The largest absolute Gasteiger partial charge is 0.471 e. The van der Waals surface area contributed by atoms with Gasteiger partial charge in [0.05, 0.1) is 13.2 Å². The molecule has 49 heavy (non-hydrogen) atoms. The third kappa shape index (κ3) is 9.90. The van der Waals surface area contributed by atoms with Gasteiger partial charge in [0.15, 0.2) is 6.23 Å². The second-order valence-corrected chi connectivity index (χ2v) is 14.0. The number of carbonyl (C=O) groups excluding carboxylic acids is 2. The van der Waals surface area contributed by atoms with Crippen LogP contribution in [0.5, 0.6) is 0 Å². The minimum atomic E-state index is -5.16. The van der Waals surface area contributed by atoms with E-state index in [1.165, 1.54) is 6.20 Å². The first-order valence-corrected chi connectivity index (χ1v) is 17.1. The molecule has 6 atom stereocenters. The van der Waals surface area contributed by atoms with E-state index in [2.05, 4.69) is 31.7 Å². The van der Waals surface area contributed by atoms with Gasteiger partial charge in [0, 0.05) is 18.3 Å². The van der Waals surface area contributed by atoms with Crippen LogP contribution in [0.4, 0.5) is 13.2 Å². The number of aromatic nitrogens is 2. The van der Waals surface area contributed by atoms with Crippen molar-refractivity contribution >= 4 is 20.3 Å².